The van der Waals surface area contributed by atoms with Gasteiger partial charge in [-0.2, -0.15) is 5.10 Å². The molecule has 0 saturated carbocycles. The fourth-order valence-corrected chi connectivity index (χ4v) is 2.85. The molecule has 1 aromatic heterocycles. The van der Waals surface area contributed by atoms with Crippen LogP contribution in [0, 0.1) is 0 Å². The minimum Gasteiger partial charge on any atom is -0.465 e. The van der Waals surface area contributed by atoms with Crippen LogP contribution in [-0.4, -0.2) is 54.3 Å². The van der Waals surface area contributed by atoms with Crippen molar-refractivity contribution in [2.45, 2.75) is 6.54 Å². The molecule has 2 aromatic carbocycles. The minimum absolute atomic E-state index is 0.255. The Labute approximate surface area is 157 Å². The van der Waals surface area contributed by atoms with Crippen molar-refractivity contribution in [3.63, 3.8) is 0 Å². The molecule has 0 aliphatic carbocycles. The first-order valence-electron chi connectivity index (χ1n) is 8.58. The van der Waals surface area contributed by atoms with Gasteiger partial charge in [0.2, 0.25) is 0 Å². The Morgan fingerprint density at radius 3 is 2.44 bits per heavy atom. The zero-order valence-corrected chi connectivity index (χ0v) is 15.6. The van der Waals surface area contributed by atoms with Crippen LogP contribution in [0.15, 0.2) is 48.8 Å². The molecule has 0 aliphatic rings. The van der Waals surface area contributed by atoms with Gasteiger partial charge in [-0.15, -0.1) is 0 Å². The van der Waals surface area contributed by atoms with Gasteiger partial charge in [-0.05, 0) is 37.0 Å². The predicted molar refractivity (Wildman–Crippen MR) is 104 cm³/mol. The van der Waals surface area contributed by atoms with Gasteiger partial charge in [0.1, 0.15) is 0 Å². The lowest BCUT2D eigenvalue weighted by Crippen LogP contribution is -2.18. The van der Waals surface area contributed by atoms with E-state index in [1.54, 1.807) is 47.4 Å². The van der Waals surface area contributed by atoms with Gasteiger partial charge in [0.15, 0.2) is 0 Å². The molecule has 140 valence electrons. The van der Waals surface area contributed by atoms with Gasteiger partial charge in [0.25, 0.3) is 5.91 Å². The number of anilines is 1. The summed E-state index contributed by atoms with van der Waals surface area (Å²) in [6, 6.07) is 10.5. The van der Waals surface area contributed by atoms with E-state index < -0.39 is 5.97 Å². The summed E-state index contributed by atoms with van der Waals surface area (Å²) in [6.45, 7) is 1.59. The SMILES string of the molecule is COC(=O)c1cccc2c(C(=O)Nc3cnn(CCN(C)C)c3)cccc12. The molecule has 0 unspecified atom stereocenters. The second-order valence-corrected chi connectivity index (χ2v) is 6.45. The highest BCUT2D eigenvalue weighted by Crippen LogP contribution is 2.24. The maximum Gasteiger partial charge on any atom is 0.338 e. The van der Waals surface area contributed by atoms with Crippen LogP contribution < -0.4 is 5.32 Å². The maximum atomic E-state index is 12.8. The number of aromatic nitrogens is 2. The van der Waals surface area contributed by atoms with E-state index >= 15 is 0 Å². The molecule has 7 nitrogen and oxygen atoms in total. The van der Waals surface area contributed by atoms with E-state index in [4.69, 9.17) is 4.74 Å². The van der Waals surface area contributed by atoms with Gasteiger partial charge in [0, 0.05) is 18.3 Å². The summed E-state index contributed by atoms with van der Waals surface area (Å²) in [4.78, 5) is 26.8. The number of fused-ring (bicyclic) bond motifs is 1. The predicted octanol–water partition coefficient (Wildman–Crippen LogP) is 2.64. The molecule has 0 spiro atoms. The van der Waals surface area contributed by atoms with Crippen LogP contribution in [-0.2, 0) is 11.3 Å². The highest BCUT2D eigenvalue weighted by Gasteiger charge is 2.15. The van der Waals surface area contributed by atoms with E-state index in [0.29, 0.717) is 27.6 Å². The third kappa shape index (κ3) is 4.15. The first-order valence-corrected chi connectivity index (χ1v) is 8.58. The van der Waals surface area contributed by atoms with Gasteiger partial charge in [0.05, 0.1) is 31.1 Å². The molecule has 27 heavy (non-hydrogen) atoms. The Bertz CT molecular complexity index is 978. The molecule has 0 saturated heterocycles. The van der Waals surface area contributed by atoms with E-state index in [1.165, 1.54) is 7.11 Å². The molecule has 3 aromatic rings. The number of esters is 1. The van der Waals surface area contributed by atoms with Crippen molar-refractivity contribution in [3.05, 3.63) is 59.9 Å². The molecule has 7 heteroatoms. The molecule has 0 atom stereocenters. The number of likely N-dealkylation sites (N-methyl/N-ethyl adjacent to an activating group) is 1. The van der Waals surface area contributed by atoms with Crippen LogP contribution in [0.4, 0.5) is 5.69 Å². The minimum atomic E-state index is -0.430. The largest absolute Gasteiger partial charge is 0.465 e. The van der Waals surface area contributed by atoms with Crippen molar-refractivity contribution >= 4 is 28.3 Å². The number of amides is 1. The molecule has 3 rings (SSSR count). The number of benzene rings is 2. The highest BCUT2D eigenvalue weighted by molar-refractivity contribution is 6.16. The lowest BCUT2D eigenvalue weighted by Gasteiger charge is -2.10. The van der Waals surface area contributed by atoms with Crippen LogP contribution in [0.25, 0.3) is 10.8 Å². The maximum absolute atomic E-state index is 12.8. The van der Waals surface area contributed by atoms with E-state index in [-0.39, 0.29) is 5.91 Å². The van der Waals surface area contributed by atoms with Crippen LogP contribution in [0.2, 0.25) is 0 Å². The van der Waals surface area contributed by atoms with Gasteiger partial charge in [-0.3, -0.25) is 9.48 Å². The fourth-order valence-electron chi connectivity index (χ4n) is 2.85. The number of hydrogen-bond acceptors (Lipinski definition) is 5. The van der Waals surface area contributed by atoms with Gasteiger partial charge < -0.3 is 15.0 Å². The smallest absolute Gasteiger partial charge is 0.338 e. The highest BCUT2D eigenvalue weighted by atomic mass is 16.5. The fraction of sp³-hybridized carbons (Fsp3) is 0.250. The number of methoxy groups -OCH3 is 1. The van der Waals surface area contributed by atoms with Crippen molar-refractivity contribution in [3.8, 4) is 0 Å². The molecule has 1 amide bonds. The lowest BCUT2D eigenvalue weighted by atomic mass is 9.99. The van der Waals surface area contributed by atoms with Gasteiger partial charge in [-0.25, -0.2) is 4.79 Å². The number of rotatable bonds is 6. The van der Waals surface area contributed by atoms with Gasteiger partial charge in [-0.1, -0.05) is 24.3 Å². The summed E-state index contributed by atoms with van der Waals surface area (Å²) in [5, 5.41) is 8.50. The third-order valence-electron chi connectivity index (χ3n) is 4.24. The summed E-state index contributed by atoms with van der Waals surface area (Å²) in [6.07, 6.45) is 3.42. The van der Waals surface area contributed by atoms with Crippen molar-refractivity contribution in [1.29, 1.82) is 0 Å². The lowest BCUT2D eigenvalue weighted by molar-refractivity contribution is 0.0603. The zero-order chi connectivity index (χ0) is 19.4. The standard InChI is InChI=1S/C20H22N4O3/c1-23(2)10-11-24-13-14(12-21-24)22-19(25)17-8-4-7-16-15(17)6-5-9-18(16)20(26)27-3/h4-9,12-13H,10-11H2,1-3H3,(H,22,25). The van der Waals surface area contributed by atoms with Crippen molar-refractivity contribution in [2.75, 3.05) is 33.1 Å². The Hall–Kier alpha value is -3.19. The van der Waals surface area contributed by atoms with Gasteiger partial charge >= 0.3 is 5.97 Å². The molecule has 0 aliphatic heterocycles. The second-order valence-electron chi connectivity index (χ2n) is 6.45. The Morgan fingerprint density at radius 1 is 1.11 bits per heavy atom. The summed E-state index contributed by atoms with van der Waals surface area (Å²) >= 11 is 0. The summed E-state index contributed by atoms with van der Waals surface area (Å²) < 4.78 is 6.61. The van der Waals surface area contributed by atoms with E-state index in [0.717, 1.165) is 13.1 Å². The average molecular weight is 366 g/mol. The second kappa shape index (κ2) is 8.01. The Kier molecular flexibility index (Phi) is 5.52. The first-order chi connectivity index (χ1) is 13.0. The number of carbonyl (C=O) groups excluding carboxylic acids is 2. The normalized spacial score (nSPS) is 11.0. The Morgan fingerprint density at radius 2 is 1.78 bits per heavy atom. The van der Waals surface area contributed by atoms with E-state index in [9.17, 15) is 9.59 Å². The molecule has 1 N–H and O–H groups in total. The number of nitrogens with zero attached hydrogens (tertiary/aromatic N) is 3. The van der Waals surface area contributed by atoms with Crippen molar-refractivity contribution in [2.24, 2.45) is 0 Å². The van der Waals surface area contributed by atoms with Crippen LogP contribution in [0.5, 0.6) is 0 Å². The monoisotopic (exact) mass is 366 g/mol. The van der Waals surface area contributed by atoms with Crippen LogP contribution in [0.3, 0.4) is 0 Å². The molecular weight excluding hydrogens is 344 g/mol. The van der Waals surface area contributed by atoms with E-state index in [2.05, 4.69) is 15.3 Å². The number of hydrogen-bond donors (Lipinski definition) is 1. The number of nitrogens with one attached hydrogen (secondary N) is 1. The third-order valence-corrected chi connectivity index (χ3v) is 4.24. The van der Waals surface area contributed by atoms with Crippen molar-refractivity contribution < 1.29 is 14.3 Å². The summed E-state index contributed by atoms with van der Waals surface area (Å²) in [5.74, 6) is -0.685. The molecule has 1 heterocycles. The zero-order valence-electron chi connectivity index (χ0n) is 15.6. The summed E-state index contributed by atoms with van der Waals surface area (Å²) in [5.41, 5.74) is 1.54. The van der Waals surface area contributed by atoms with Crippen LogP contribution >= 0.6 is 0 Å². The number of carbonyl (C=O) groups is 2. The van der Waals surface area contributed by atoms with Crippen molar-refractivity contribution in [1.82, 2.24) is 14.7 Å². The molecule has 0 radical (unpaired) electrons. The Balaban J connectivity index is 1.85. The number of ether oxygens (including phenoxy) is 1. The molecule has 0 bridgehead atoms. The summed E-state index contributed by atoms with van der Waals surface area (Å²) in [7, 11) is 5.33. The van der Waals surface area contributed by atoms with Crippen LogP contribution in [0.1, 0.15) is 20.7 Å². The topological polar surface area (TPSA) is 76.5 Å². The molecule has 0 fully saturated rings. The first kappa shape index (κ1) is 18.6. The quantitative estimate of drug-likeness (QED) is 0.679. The average Bonchev–Trinajstić information content (AvgIpc) is 3.12. The van der Waals surface area contributed by atoms with E-state index in [1.807, 2.05) is 20.2 Å². The molecular formula is C20H22N4O3.